The maximum absolute atomic E-state index is 12.3. The van der Waals surface area contributed by atoms with Gasteiger partial charge in [-0.3, -0.25) is 0 Å². The Bertz CT molecular complexity index is 1250. The number of carbonyl (C=O) groups is 2. The Labute approximate surface area is 170 Å². The van der Waals surface area contributed by atoms with E-state index in [1.807, 2.05) is 36.4 Å². The predicted molar refractivity (Wildman–Crippen MR) is 110 cm³/mol. The third kappa shape index (κ3) is 3.06. The van der Waals surface area contributed by atoms with E-state index in [0.29, 0.717) is 11.1 Å². The normalized spacial score (nSPS) is 12.4. The average Bonchev–Trinajstić information content (AvgIpc) is 3.30. The summed E-state index contributed by atoms with van der Waals surface area (Å²) >= 11 is 0. The van der Waals surface area contributed by atoms with Gasteiger partial charge in [0.2, 0.25) is 0 Å². The lowest BCUT2D eigenvalue weighted by atomic mass is 9.98. The van der Waals surface area contributed by atoms with Crippen molar-refractivity contribution in [1.82, 2.24) is 4.98 Å². The second-order valence-electron chi connectivity index (χ2n) is 6.96. The minimum absolute atomic E-state index is 0.0510. The number of oxazole rings is 1. The Balaban J connectivity index is 1.31. The Kier molecular flexibility index (Phi) is 4.21. The number of hydrogen-bond donors (Lipinski definition) is 2. The molecule has 1 aromatic heterocycles. The minimum atomic E-state index is -1.06. The van der Waals surface area contributed by atoms with Crippen LogP contribution in [0.4, 0.5) is 10.8 Å². The quantitative estimate of drug-likeness (QED) is 0.506. The van der Waals surface area contributed by atoms with E-state index in [2.05, 4.69) is 22.4 Å². The van der Waals surface area contributed by atoms with E-state index >= 15 is 0 Å². The number of aromatic nitrogens is 1. The average molecular weight is 400 g/mol. The maximum atomic E-state index is 12.3. The number of carboxylic acids is 1. The molecule has 1 aliphatic rings. The summed E-state index contributed by atoms with van der Waals surface area (Å²) in [5.74, 6) is -1.11. The van der Waals surface area contributed by atoms with Gasteiger partial charge in [0.25, 0.3) is 0 Å². The van der Waals surface area contributed by atoms with Crippen molar-refractivity contribution in [3.8, 4) is 11.1 Å². The number of rotatable bonds is 4. The van der Waals surface area contributed by atoms with Crippen LogP contribution in [0.25, 0.3) is 22.2 Å². The molecular weight excluding hydrogens is 384 g/mol. The molecule has 7 nitrogen and oxygen atoms in total. The Morgan fingerprint density at radius 2 is 1.67 bits per heavy atom. The first-order valence-electron chi connectivity index (χ1n) is 9.36. The van der Waals surface area contributed by atoms with Gasteiger partial charge in [-0.15, -0.1) is 0 Å². The molecule has 0 radical (unpaired) electrons. The maximum Gasteiger partial charge on any atom is 0.415 e. The van der Waals surface area contributed by atoms with Crippen molar-refractivity contribution in [3.05, 3.63) is 83.4 Å². The molecule has 0 bridgehead atoms. The van der Waals surface area contributed by atoms with Crippen molar-refractivity contribution in [1.29, 1.82) is 0 Å². The standard InChI is InChI=1S/C23H16N2O5/c26-21(27)13-9-10-20-19(11-13)24-22(30-20)25-23(28)29-12-18-16-7-3-1-5-14(16)15-6-2-4-8-17(15)18/h1-11,18H,12H2,(H,26,27)(H,24,25,28). The zero-order valence-corrected chi connectivity index (χ0v) is 15.7. The molecule has 0 saturated carbocycles. The molecule has 3 aromatic carbocycles. The number of carboxylic acid groups (broad SMARTS) is 1. The van der Waals surface area contributed by atoms with E-state index in [1.165, 1.54) is 18.2 Å². The second-order valence-corrected chi connectivity index (χ2v) is 6.96. The van der Waals surface area contributed by atoms with Gasteiger partial charge in [-0.25, -0.2) is 14.9 Å². The van der Waals surface area contributed by atoms with E-state index in [0.717, 1.165) is 22.3 Å². The van der Waals surface area contributed by atoms with Crippen LogP contribution >= 0.6 is 0 Å². The molecule has 1 aliphatic carbocycles. The number of benzene rings is 3. The van der Waals surface area contributed by atoms with Crippen LogP contribution in [0.3, 0.4) is 0 Å². The highest BCUT2D eigenvalue weighted by atomic mass is 16.6. The molecular formula is C23H16N2O5. The molecule has 2 N–H and O–H groups in total. The number of nitrogens with zero attached hydrogens (tertiary/aromatic N) is 1. The van der Waals surface area contributed by atoms with Gasteiger partial charge in [-0.2, -0.15) is 4.98 Å². The fourth-order valence-corrected chi connectivity index (χ4v) is 3.84. The van der Waals surface area contributed by atoms with Crippen molar-refractivity contribution in [2.45, 2.75) is 5.92 Å². The number of amides is 1. The van der Waals surface area contributed by atoms with Crippen LogP contribution in [-0.2, 0) is 4.74 Å². The molecule has 5 rings (SSSR count). The minimum Gasteiger partial charge on any atom is -0.478 e. The van der Waals surface area contributed by atoms with Gasteiger partial charge >= 0.3 is 18.1 Å². The fraction of sp³-hybridized carbons (Fsp3) is 0.0870. The van der Waals surface area contributed by atoms with Gasteiger partial charge in [-0.05, 0) is 40.5 Å². The molecule has 148 valence electrons. The first-order valence-corrected chi connectivity index (χ1v) is 9.36. The number of aromatic carboxylic acids is 1. The van der Waals surface area contributed by atoms with Crippen molar-refractivity contribution in [3.63, 3.8) is 0 Å². The second kappa shape index (κ2) is 7.04. The van der Waals surface area contributed by atoms with Gasteiger partial charge in [0.05, 0.1) is 5.56 Å². The van der Waals surface area contributed by atoms with Crippen LogP contribution < -0.4 is 5.32 Å². The molecule has 0 fully saturated rings. The van der Waals surface area contributed by atoms with Crippen LogP contribution in [-0.4, -0.2) is 28.8 Å². The van der Waals surface area contributed by atoms with Gasteiger partial charge in [-0.1, -0.05) is 48.5 Å². The van der Waals surface area contributed by atoms with Crippen molar-refractivity contribution < 1.29 is 23.8 Å². The Morgan fingerprint density at radius 1 is 1.00 bits per heavy atom. The van der Waals surface area contributed by atoms with Crippen LogP contribution in [0.2, 0.25) is 0 Å². The lowest BCUT2D eigenvalue weighted by molar-refractivity contribution is 0.0697. The Morgan fingerprint density at radius 3 is 2.33 bits per heavy atom. The van der Waals surface area contributed by atoms with E-state index < -0.39 is 12.1 Å². The highest BCUT2D eigenvalue weighted by molar-refractivity contribution is 5.92. The summed E-state index contributed by atoms with van der Waals surface area (Å²) in [5.41, 5.74) is 5.33. The highest BCUT2D eigenvalue weighted by Gasteiger charge is 2.29. The van der Waals surface area contributed by atoms with E-state index in [1.54, 1.807) is 0 Å². The number of ether oxygens (including phenoxy) is 1. The smallest absolute Gasteiger partial charge is 0.415 e. The fourth-order valence-electron chi connectivity index (χ4n) is 3.84. The van der Waals surface area contributed by atoms with Gasteiger partial charge in [0.15, 0.2) is 5.58 Å². The number of anilines is 1. The van der Waals surface area contributed by atoms with Gasteiger partial charge in [0.1, 0.15) is 12.1 Å². The zero-order chi connectivity index (χ0) is 20.7. The number of nitrogens with one attached hydrogen (secondary N) is 1. The van der Waals surface area contributed by atoms with E-state index in [9.17, 15) is 9.59 Å². The monoisotopic (exact) mass is 400 g/mol. The van der Waals surface area contributed by atoms with Crippen molar-refractivity contribution >= 4 is 29.2 Å². The lowest BCUT2D eigenvalue weighted by Gasteiger charge is -2.13. The lowest BCUT2D eigenvalue weighted by Crippen LogP contribution is -2.18. The summed E-state index contributed by atoms with van der Waals surface area (Å²) in [7, 11) is 0. The topological polar surface area (TPSA) is 102 Å². The zero-order valence-electron chi connectivity index (χ0n) is 15.7. The molecule has 0 atom stereocenters. The summed E-state index contributed by atoms with van der Waals surface area (Å²) in [6, 6.07) is 20.4. The largest absolute Gasteiger partial charge is 0.478 e. The summed E-state index contributed by atoms with van der Waals surface area (Å²) in [5, 5.41) is 11.5. The SMILES string of the molecule is O=C(Nc1nc2cc(C(=O)O)ccc2o1)OCC1c2ccccc2-c2ccccc21. The summed E-state index contributed by atoms with van der Waals surface area (Å²) in [4.78, 5) is 27.5. The third-order valence-corrected chi connectivity index (χ3v) is 5.19. The molecule has 1 heterocycles. The number of fused-ring (bicyclic) bond motifs is 4. The summed E-state index contributed by atoms with van der Waals surface area (Å²) < 4.78 is 10.9. The Hall–Kier alpha value is -4.13. The van der Waals surface area contributed by atoms with Crippen LogP contribution in [0.5, 0.6) is 0 Å². The molecule has 0 spiro atoms. The van der Waals surface area contributed by atoms with Crippen molar-refractivity contribution in [2.24, 2.45) is 0 Å². The molecule has 30 heavy (non-hydrogen) atoms. The van der Waals surface area contributed by atoms with E-state index in [4.69, 9.17) is 14.3 Å². The molecule has 1 amide bonds. The first kappa shape index (κ1) is 17.9. The molecule has 0 unspecified atom stereocenters. The number of hydrogen-bond acceptors (Lipinski definition) is 5. The molecule has 0 aliphatic heterocycles. The summed E-state index contributed by atoms with van der Waals surface area (Å²) in [6.07, 6.45) is -0.693. The van der Waals surface area contributed by atoms with E-state index in [-0.39, 0.29) is 24.1 Å². The molecule has 4 aromatic rings. The van der Waals surface area contributed by atoms with Gasteiger partial charge < -0.3 is 14.3 Å². The summed E-state index contributed by atoms with van der Waals surface area (Å²) in [6.45, 7) is 0.170. The molecule has 7 heteroatoms. The predicted octanol–water partition coefficient (Wildman–Crippen LogP) is 4.89. The first-order chi connectivity index (χ1) is 14.6. The van der Waals surface area contributed by atoms with Crippen molar-refractivity contribution in [2.75, 3.05) is 11.9 Å². The van der Waals surface area contributed by atoms with Crippen LogP contribution in [0.15, 0.2) is 71.1 Å². The van der Waals surface area contributed by atoms with Crippen LogP contribution in [0, 0.1) is 0 Å². The third-order valence-electron chi connectivity index (χ3n) is 5.19. The number of carbonyl (C=O) groups excluding carboxylic acids is 1. The van der Waals surface area contributed by atoms with Gasteiger partial charge in [0, 0.05) is 5.92 Å². The molecule has 0 saturated heterocycles. The highest BCUT2D eigenvalue weighted by Crippen LogP contribution is 2.44. The van der Waals surface area contributed by atoms with Crippen LogP contribution in [0.1, 0.15) is 27.4 Å².